The Morgan fingerprint density at radius 2 is 1.57 bits per heavy atom. The number of aromatic nitrogens is 1. The standard InChI is InChI=1S/C24H21F6N3O3S/c1-4-37(34,35)20-13-16(15-5-9-18(10-6-15)36-24(28,29)30)7-11-19(20)22(33(2)3)32-21-12-8-17(14-31-21)23(25,26)27/h5-14H,4H2,1-3H3/b32-22-. The molecule has 0 amide bonds. The van der Waals surface area contributed by atoms with Crippen LogP contribution in [0.2, 0.25) is 0 Å². The molecule has 1 aromatic heterocycles. The van der Waals surface area contributed by atoms with Crippen LogP contribution in [0.15, 0.2) is 70.7 Å². The molecule has 0 aliphatic heterocycles. The second-order valence-corrected chi connectivity index (χ2v) is 10.2. The Labute approximate surface area is 209 Å². The number of amidine groups is 1. The van der Waals surface area contributed by atoms with Crippen LogP contribution in [-0.2, 0) is 16.0 Å². The maximum absolute atomic E-state index is 13.0. The van der Waals surface area contributed by atoms with E-state index in [9.17, 15) is 34.8 Å². The molecule has 0 radical (unpaired) electrons. The summed E-state index contributed by atoms with van der Waals surface area (Å²) >= 11 is 0. The molecule has 13 heteroatoms. The number of ether oxygens (including phenoxy) is 1. The number of alkyl halides is 6. The number of nitrogens with zero attached hydrogens (tertiary/aromatic N) is 3. The average Bonchev–Trinajstić information content (AvgIpc) is 2.81. The third-order valence-electron chi connectivity index (χ3n) is 5.08. The van der Waals surface area contributed by atoms with E-state index in [1.807, 2.05) is 0 Å². The summed E-state index contributed by atoms with van der Waals surface area (Å²) in [6, 6.07) is 11.2. The lowest BCUT2D eigenvalue weighted by atomic mass is 10.0. The summed E-state index contributed by atoms with van der Waals surface area (Å²) in [5.41, 5.74) is 0.0545. The summed E-state index contributed by atoms with van der Waals surface area (Å²) in [4.78, 5) is 9.40. The highest BCUT2D eigenvalue weighted by Gasteiger charge is 2.31. The fraction of sp³-hybridized carbons (Fsp3) is 0.250. The SMILES string of the molecule is CCS(=O)(=O)c1cc(-c2ccc(OC(F)(F)F)cc2)ccc1/C(=N/c1ccc(C(F)(F)F)cn1)N(C)C. The minimum absolute atomic E-state index is 0.0686. The number of rotatable bonds is 6. The van der Waals surface area contributed by atoms with Crippen molar-refractivity contribution in [3.63, 3.8) is 0 Å². The van der Waals surface area contributed by atoms with Crippen molar-refractivity contribution in [2.24, 2.45) is 4.99 Å². The number of sulfone groups is 1. The minimum atomic E-state index is -4.85. The van der Waals surface area contributed by atoms with Gasteiger partial charge in [-0.1, -0.05) is 25.1 Å². The van der Waals surface area contributed by atoms with E-state index in [1.165, 1.54) is 36.1 Å². The molecular weight excluding hydrogens is 524 g/mol. The molecule has 0 bridgehead atoms. The predicted molar refractivity (Wildman–Crippen MR) is 125 cm³/mol. The number of benzene rings is 2. The Morgan fingerprint density at radius 1 is 0.946 bits per heavy atom. The first-order valence-electron chi connectivity index (χ1n) is 10.6. The smallest absolute Gasteiger partial charge is 0.406 e. The van der Waals surface area contributed by atoms with Crippen LogP contribution in [0.3, 0.4) is 0 Å². The van der Waals surface area contributed by atoms with Crippen molar-refractivity contribution in [1.82, 2.24) is 9.88 Å². The molecular formula is C24H21F6N3O3S. The molecule has 0 spiro atoms. The van der Waals surface area contributed by atoms with Gasteiger partial charge in [-0.05, 0) is 47.5 Å². The van der Waals surface area contributed by atoms with E-state index in [2.05, 4.69) is 14.7 Å². The number of pyridine rings is 1. The Kier molecular flexibility index (Phi) is 7.86. The van der Waals surface area contributed by atoms with Crippen LogP contribution in [0.4, 0.5) is 32.2 Å². The van der Waals surface area contributed by atoms with Gasteiger partial charge in [0.1, 0.15) is 11.6 Å². The van der Waals surface area contributed by atoms with Gasteiger partial charge < -0.3 is 9.64 Å². The Balaban J connectivity index is 2.10. The zero-order valence-corrected chi connectivity index (χ0v) is 20.5. The van der Waals surface area contributed by atoms with Crippen LogP contribution in [0.1, 0.15) is 18.1 Å². The molecule has 1 heterocycles. The van der Waals surface area contributed by atoms with Gasteiger partial charge in [0.25, 0.3) is 0 Å². The van der Waals surface area contributed by atoms with E-state index >= 15 is 0 Å². The molecule has 6 nitrogen and oxygen atoms in total. The molecule has 0 unspecified atom stereocenters. The van der Waals surface area contributed by atoms with Gasteiger partial charge in [-0.3, -0.25) is 0 Å². The van der Waals surface area contributed by atoms with Gasteiger partial charge in [0.05, 0.1) is 16.2 Å². The first kappa shape index (κ1) is 28.0. The molecule has 0 saturated heterocycles. The molecule has 0 fully saturated rings. The second kappa shape index (κ2) is 10.4. The van der Waals surface area contributed by atoms with Crippen molar-refractivity contribution in [3.8, 4) is 16.9 Å². The van der Waals surface area contributed by atoms with Crippen LogP contribution in [-0.4, -0.2) is 50.3 Å². The monoisotopic (exact) mass is 545 g/mol. The van der Waals surface area contributed by atoms with Crippen molar-refractivity contribution in [2.45, 2.75) is 24.4 Å². The molecule has 198 valence electrons. The van der Waals surface area contributed by atoms with E-state index < -0.39 is 33.7 Å². The molecule has 37 heavy (non-hydrogen) atoms. The van der Waals surface area contributed by atoms with E-state index in [0.29, 0.717) is 17.3 Å². The summed E-state index contributed by atoms with van der Waals surface area (Å²) in [7, 11) is -0.675. The highest BCUT2D eigenvalue weighted by atomic mass is 32.2. The molecule has 3 aromatic rings. The lowest BCUT2D eigenvalue weighted by molar-refractivity contribution is -0.274. The topological polar surface area (TPSA) is 71.9 Å². The van der Waals surface area contributed by atoms with Gasteiger partial charge in [0.2, 0.25) is 0 Å². The molecule has 0 saturated carbocycles. The lowest BCUT2D eigenvalue weighted by Gasteiger charge is -2.20. The first-order chi connectivity index (χ1) is 17.1. The van der Waals surface area contributed by atoms with Crippen molar-refractivity contribution < 1.29 is 39.5 Å². The molecule has 0 N–H and O–H groups in total. The molecule has 0 aliphatic carbocycles. The summed E-state index contributed by atoms with van der Waals surface area (Å²) in [5, 5.41) is 0. The van der Waals surface area contributed by atoms with Crippen LogP contribution >= 0.6 is 0 Å². The first-order valence-corrected chi connectivity index (χ1v) is 12.3. The number of hydrogen-bond donors (Lipinski definition) is 0. The van der Waals surface area contributed by atoms with Gasteiger partial charge in [0.15, 0.2) is 15.7 Å². The highest BCUT2D eigenvalue weighted by molar-refractivity contribution is 7.91. The van der Waals surface area contributed by atoms with Crippen LogP contribution in [0.5, 0.6) is 5.75 Å². The molecule has 0 atom stereocenters. The Morgan fingerprint density at radius 3 is 2.05 bits per heavy atom. The summed E-state index contributed by atoms with van der Waals surface area (Å²) in [5.74, 6) is -0.637. The van der Waals surface area contributed by atoms with Crippen LogP contribution in [0.25, 0.3) is 11.1 Å². The van der Waals surface area contributed by atoms with Crippen LogP contribution < -0.4 is 4.74 Å². The lowest BCUT2D eigenvalue weighted by Crippen LogP contribution is -2.25. The Bertz CT molecular complexity index is 1380. The fourth-order valence-corrected chi connectivity index (χ4v) is 4.39. The van der Waals surface area contributed by atoms with Crippen LogP contribution in [0, 0.1) is 0 Å². The maximum atomic E-state index is 13.0. The Hall–Kier alpha value is -3.61. The van der Waals surface area contributed by atoms with Crippen molar-refractivity contribution in [3.05, 3.63) is 71.9 Å². The minimum Gasteiger partial charge on any atom is -0.406 e. The number of aliphatic imine (C=N–C) groups is 1. The molecule has 0 aliphatic rings. The summed E-state index contributed by atoms with van der Waals surface area (Å²) in [6.07, 6.45) is -8.80. The quantitative estimate of drug-likeness (QED) is 0.213. The third kappa shape index (κ3) is 7.00. The van der Waals surface area contributed by atoms with Gasteiger partial charge >= 0.3 is 12.5 Å². The largest absolute Gasteiger partial charge is 0.573 e. The van der Waals surface area contributed by atoms with Crippen molar-refractivity contribution >= 4 is 21.5 Å². The van der Waals surface area contributed by atoms with Crippen molar-refractivity contribution in [1.29, 1.82) is 0 Å². The van der Waals surface area contributed by atoms with E-state index in [0.717, 1.165) is 24.3 Å². The number of hydrogen-bond acceptors (Lipinski definition) is 5. The average molecular weight is 546 g/mol. The molecule has 2 aromatic carbocycles. The highest BCUT2D eigenvalue weighted by Crippen LogP contribution is 2.32. The zero-order chi connectivity index (χ0) is 27.6. The van der Waals surface area contributed by atoms with E-state index in [1.54, 1.807) is 20.2 Å². The maximum Gasteiger partial charge on any atom is 0.573 e. The summed E-state index contributed by atoms with van der Waals surface area (Å²) in [6.45, 7) is 1.44. The van der Waals surface area contributed by atoms with Gasteiger partial charge in [0, 0.05) is 25.9 Å². The third-order valence-corrected chi connectivity index (χ3v) is 6.85. The van der Waals surface area contributed by atoms with Gasteiger partial charge in [-0.2, -0.15) is 13.2 Å². The summed E-state index contributed by atoms with van der Waals surface area (Å²) < 4.78 is 106. The van der Waals surface area contributed by atoms with Crippen molar-refractivity contribution in [2.75, 3.05) is 19.8 Å². The second-order valence-electron chi connectivity index (χ2n) is 7.92. The van der Waals surface area contributed by atoms with E-state index in [4.69, 9.17) is 0 Å². The predicted octanol–water partition coefficient (Wildman–Crippen LogP) is 6.10. The molecule has 3 rings (SSSR count). The zero-order valence-electron chi connectivity index (χ0n) is 19.7. The fourth-order valence-electron chi connectivity index (χ4n) is 3.28. The van der Waals surface area contributed by atoms with Gasteiger partial charge in [-0.15, -0.1) is 13.2 Å². The normalized spacial score (nSPS) is 12.9. The number of halogens is 6. The van der Waals surface area contributed by atoms with E-state index in [-0.39, 0.29) is 27.9 Å². The van der Waals surface area contributed by atoms with Gasteiger partial charge in [-0.25, -0.2) is 18.4 Å².